The molecule has 4 aromatic rings. The first kappa shape index (κ1) is 16.0. The lowest BCUT2D eigenvalue weighted by molar-refractivity contribution is 0.509. The highest BCUT2D eigenvalue weighted by Gasteiger charge is 2.14. The van der Waals surface area contributed by atoms with Crippen LogP contribution >= 0.6 is 0 Å². The van der Waals surface area contributed by atoms with Crippen LogP contribution in [0.5, 0.6) is 0 Å². The normalized spacial score (nSPS) is 11.0. The smallest absolute Gasteiger partial charge is 0.184 e. The zero-order valence-electron chi connectivity index (χ0n) is 13.2. The molecule has 2 aromatic carbocycles. The van der Waals surface area contributed by atoms with Gasteiger partial charge in [-0.15, -0.1) is 5.10 Å². The van der Waals surface area contributed by atoms with E-state index in [1.807, 2.05) is 0 Å². The maximum Gasteiger partial charge on any atom is 0.184 e. The summed E-state index contributed by atoms with van der Waals surface area (Å²) in [5.41, 5.74) is 1.45. The molecule has 2 heterocycles. The van der Waals surface area contributed by atoms with E-state index in [2.05, 4.69) is 25.6 Å². The van der Waals surface area contributed by atoms with Crippen molar-refractivity contribution in [3.63, 3.8) is 0 Å². The number of aromatic nitrogens is 5. The molecular weight excluding hydrogens is 345 g/mol. The number of halogens is 3. The van der Waals surface area contributed by atoms with E-state index >= 15 is 0 Å². The van der Waals surface area contributed by atoms with Crippen molar-refractivity contribution in [2.45, 2.75) is 6.54 Å². The second-order valence-corrected chi connectivity index (χ2v) is 5.49. The van der Waals surface area contributed by atoms with Crippen molar-refractivity contribution >= 4 is 22.7 Å². The maximum atomic E-state index is 13.8. The summed E-state index contributed by atoms with van der Waals surface area (Å²) < 4.78 is 41.7. The fourth-order valence-electron chi connectivity index (χ4n) is 2.49. The molecule has 0 spiro atoms. The van der Waals surface area contributed by atoms with E-state index in [9.17, 15) is 13.2 Å². The molecule has 0 aliphatic rings. The Hall–Kier alpha value is -3.49. The minimum Gasteiger partial charge on any atom is -0.338 e. The van der Waals surface area contributed by atoms with Gasteiger partial charge in [0, 0.05) is 17.3 Å². The Balaban J connectivity index is 1.68. The number of benzene rings is 2. The molecule has 1 N–H and O–H groups in total. The van der Waals surface area contributed by atoms with E-state index < -0.39 is 11.6 Å². The Morgan fingerprint density at radius 3 is 2.58 bits per heavy atom. The summed E-state index contributed by atoms with van der Waals surface area (Å²) in [6.07, 6.45) is 1.28. The molecule has 0 bridgehead atoms. The largest absolute Gasteiger partial charge is 0.338 e. The van der Waals surface area contributed by atoms with Gasteiger partial charge in [0.25, 0.3) is 0 Å². The Morgan fingerprint density at radius 2 is 1.77 bits per heavy atom. The number of hydrogen-bond acceptors (Lipinski definition) is 5. The van der Waals surface area contributed by atoms with Crippen LogP contribution in [0.2, 0.25) is 0 Å². The molecular formula is C17H11F3N6. The topological polar surface area (TPSA) is 68.5 Å². The quantitative estimate of drug-likeness (QED) is 0.607. The van der Waals surface area contributed by atoms with Crippen LogP contribution in [0, 0.1) is 17.5 Å². The number of nitrogens with zero attached hydrogens (tertiary/aromatic N) is 5. The third-order valence-corrected chi connectivity index (χ3v) is 3.76. The zero-order valence-corrected chi connectivity index (χ0v) is 13.2. The summed E-state index contributed by atoms with van der Waals surface area (Å²) >= 11 is 0. The van der Waals surface area contributed by atoms with Crippen molar-refractivity contribution in [2.75, 3.05) is 5.32 Å². The van der Waals surface area contributed by atoms with Crippen molar-refractivity contribution in [2.24, 2.45) is 0 Å². The lowest BCUT2D eigenvalue weighted by Gasteiger charge is -2.06. The minimum absolute atomic E-state index is 0.144. The summed E-state index contributed by atoms with van der Waals surface area (Å²) in [5.74, 6) is -2.01. The van der Waals surface area contributed by atoms with E-state index in [4.69, 9.17) is 0 Å². The summed E-state index contributed by atoms with van der Waals surface area (Å²) in [7, 11) is 0. The molecule has 0 aliphatic heterocycles. The molecule has 0 fully saturated rings. The van der Waals surface area contributed by atoms with Crippen molar-refractivity contribution in [3.05, 3.63) is 71.8 Å². The average Bonchev–Trinajstić information content (AvgIpc) is 3.04. The number of anilines is 2. The molecule has 26 heavy (non-hydrogen) atoms. The van der Waals surface area contributed by atoms with Gasteiger partial charge in [-0.25, -0.2) is 27.8 Å². The van der Waals surface area contributed by atoms with Crippen LogP contribution in [-0.2, 0) is 6.54 Å². The fraction of sp³-hybridized carbons (Fsp3) is 0.0588. The standard InChI is InChI=1S/C17H11F3N6/c18-12-4-2-1-3-10(12)8-26-17-15(24-25-26)16(21-9-22-17)23-11-5-6-13(19)14(20)7-11/h1-7,9H,8H2,(H,21,22,23). The van der Waals surface area contributed by atoms with E-state index in [0.29, 0.717) is 22.4 Å². The summed E-state index contributed by atoms with van der Waals surface area (Å²) in [6, 6.07) is 9.71. The lowest BCUT2D eigenvalue weighted by Crippen LogP contribution is -2.05. The molecule has 4 rings (SSSR count). The number of hydrogen-bond donors (Lipinski definition) is 1. The van der Waals surface area contributed by atoms with Gasteiger partial charge in [-0.2, -0.15) is 0 Å². The van der Waals surface area contributed by atoms with Crippen molar-refractivity contribution < 1.29 is 13.2 Å². The van der Waals surface area contributed by atoms with Gasteiger partial charge >= 0.3 is 0 Å². The predicted molar refractivity (Wildman–Crippen MR) is 88.3 cm³/mol. The molecule has 130 valence electrons. The van der Waals surface area contributed by atoms with Crippen LogP contribution in [-0.4, -0.2) is 25.0 Å². The number of nitrogens with one attached hydrogen (secondary N) is 1. The molecule has 0 saturated heterocycles. The van der Waals surface area contributed by atoms with Gasteiger partial charge in [-0.3, -0.25) is 0 Å². The van der Waals surface area contributed by atoms with Crippen molar-refractivity contribution in [1.29, 1.82) is 0 Å². The van der Waals surface area contributed by atoms with E-state index in [1.165, 1.54) is 23.1 Å². The monoisotopic (exact) mass is 356 g/mol. The molecule has 0 saturated carbocycles. The Bertz CT molecular complexity index is 1100. The van der Waals surface area contributed by atoms with Gasteiger partial charge in [0.2, 0.25) is 0 Å². The third-order valence-electron chi connectivity index (χ3n) is 3.76. The highest BCUT2D eigenvalue weighted by atomic mass is 19.2. The van der Waals surface area contributed by atoms with Gasteiger partial charge in [-0.05, 0) is 18.2 Å². The number of fused-ring (bicyclic) bond motifs is 1. The van der Waals surface area contributed by atoms with E-state index in [1.54, 1.807) is 18.2 Å². The fourth-order valence-corrected chi connectivity index (χ4v) is 2.49. The summed E-state index contributed by atoms with van der Waals surface area (Å²) in [5, 5.41) is 10.9. The van der Waals surface area contributed by atoms with E-state index in [0.717, 1.165) is 12.1 Å². The molecule has 0 aliphatic carbocycles. The predicted octanol–water partition coefficient (Wildman–Crippen LogP) is 3.43. The molecule has 9 heteroatoms. The number of rotatable bonds is 4. The second-order valence-electron chi connectivity index (χ2n) is 5.49. The molecule has 0 atom stereocenters. The van der Waals surface area contributed by atoms with Crippen LogP contribution in [0.4, 0.5) is 24.7 Å². The summed E-state index contributed by atoms with van der Waals surface area (Å²) in [6.45, 7) is 0.144. The Kier molecular flexibility index (Phi) is 3.96. The second kappa shape index (κ2) is 6.43. The highest BCUT2D eigenvalue weighted by Crippen LogP contribution is 2.22. The van der Waals surface area contributed by atoms with Crippen molar-refractivity contribution in [3.8, 4) is 0 Å². The van der Waals surface area contributed by atoms with Gasteiger partial charge in [-0.1, -0.05) is 23.4 Å². The molecule has 2 aromatic heterocycles. The SMILES string of the molecule is Fc1ccc(Nc2ncnc3c2nnn3Cc2ccccc2F)cc1F. The highest BCUT2D eigenvalue weighted by molar-refractivity contribution is 5.84. The molecule has 0 radical (unpaired) electrons. The first-order valence-corrected chi connectivity index (χ1v) is 7.61. The van der Waals surface area contributed by atoms with Crippen LogP contribution in [0.1, 0.15) is 5.56 Å². The first-order chi connectivity index (χ1) is 12.6. The van der Waals surface area contributed by atoms with E-state index in [-0.39, 0.29) is 18.2 Å². The minimum atomic E-state index is -0.983. The molecule has 0 amide bonds. The first-order valence-electron chi connectivity index (χ1n) is 7.61. The zero-order chi connectivity index (χ0) is 18.1. The molecule has 0 unspecified atom stereocenters. The van der Waals surface area contributed by atoms with Gasteiger partial charge in [0.1, 0.15) is 12.1 Å². The van der Waals surface area contributed by atoms with Crippen LogP contribution in [0.15, 0.2) is 48.8 Å². The van der Waals surface area contributed by atoms with Gasteiger partial charge in [0.15, 0.2) is 28.6 Å². The Labute approximate surface area is 145 Å². The van der Waals surface area contributed by atoms with Crippen molar-refractivity contribution in [1.82, 2.24) is 25.0 Å². The molecule has 6 nitrogen and oxygen atoms in total. The summed E-state index contributed by atoms with van der Waals surface area (Å²) in [4.78, 5) is 8.20. The van der Waals surface area contributed by atoms with Crippen LogP contribution < -0.4 is 5.32 Å². The maximum absolute atomic E-state index is 13.8. The van der Waals surface area contributed by atoms with Crippen LogP contribution in [0.25, 0.3) is 11.2 Å². The Morgan fingerprint density at radius 1 is 0.923 bits per heavy atom. The third kappa shape index (κ3) is 2.94. The van der Waals surface area contributed by atoms with Crippen LogP contribution in [0.3, 0.4) is 0 Å². The lowest BCUT2D eigenvalue weighted by atomic mass is 10.2. The average molecular weight is 356 g/mol. The van der Waals surface area contributed by atoms with Gasteiger partial charge < -0.3 is 5.32 Å². The van der Waals surface area contributed by atoms with Gasteiger partial charge in [0.05, 0.1) is 6.54 Å².